The maximum atomic E-state index is 12.3. The Morgan fingerprint density at radius 2 is 1.92 bits per heavy atom. The van der Waals surface area contributed by atoms with Gasteiger partial charge in [-0.25, -0.2) is 0 Å². The number of nitrogens with one attached hydrogen (secondary N) is 3. The summed E-state index contributed by atoms with van der Waals surface area (Å²) in [6.07, 6.45) is 4.81. The number of hydrogen-bond donors (Lipinski definition) is 3. The van der Waals surface area contributed by atoms with E-state index in [9.17, 15) is 4.79 Å². The molecule has 0 unspecified atom stereocenters. The minimum atomic E-state index is -0.291. The van der Waals surface area contributed by atoms with Crippen LogP contribution in [0.1, 0.15) is 56.8 Å². The van der Waals surface area contributed by atoms with Crippen molar-refractivity contribution in [3.63, 3.8) is 0 Å². The van der Waals surface area contributed by atoms with Gasteiger partial charge in [-0.1, -0.05) is 19.8 Å². The number of ether oxygens (including phenoxy) is 2. The van der Waals surface area contributed by atoms with Gasteiger partial charge in [0.05, 0.1) is 13.2 Å². The highest BCUT2D eigenvalue weighted by atomic mass is 32.1. The largest absolute Gasteiger partial charge is 0.493 e. The molecule has 0 aromatic heterocycles. The minimum Gasteiger partial charge on any atom is -0.493 e. The number of amides is 1. The molecule has 2 rings (SSSR count). The van der Waals surface area contributed by atoms with E-state index in [1.165, 1.54) is 19.3 Å². The molecule has 26 heavy (non-hydrogen) atoms. The van der Waals surface area contributed by atoms with Crippen LogP contribution in [0.3, 0.4) is 0 Å². The lowest BCUT2D eigenvalue weighted by Crippen LogP contribution is -2.51. The Hall–Kier alpha value is -2.02. The Balaban J connectivity index is 1.89. The van der Waals surface area contributed by atoms with Gasteiger partial charge >= 0.3 is 0 Å². The van der Waals surface area contributed by atoms with E-state index in [0.29, 0.717) is 34.1 Å². The van der Waals surface area contributed by atoms with Gasteiger partial charge in [0.1, 0.15) is 0 Å². The Labute approximate surface area is 161 Å². The molecule has 0 spiro atoms. The van der Waals surface area contributed by atoms with E-state index in [0.717, 1.165) is 6.42 Å². The first-order valence-electron chi connectivity index (χ1n) is 9.12. The smallest absolute Gasteiger partial charge is 0.269 e. The lowest BCUT2D eigenvalue weighted by atomic mass is 9.86. The van der Waals surface area contributed by atoms with Gasteiger partial charge in [-0.2, -0.15) is 0 Å². The van der Waals surface area contributed by atoms with E-state index < -0.39 is 0 Å². The molecule has 3 N–H and O–H groups in total. The summed E-state index contributed by atoms with van der Waals surface area (Å²) in [5.74, 6) is 1.41. The minimum absolute atomic E-state index is 0.0240. The lowest BCUT2D eigenvalue weighted by Gasteiger charge is -2.30. The fraction of sp³-hybridized carbons (Fsp3) is 0.579. The van der Waals surface area contributed by atoms with Gasteiger partial charge in [0.25, 0.3) is 5.91 Å². The molecule has 6 nitrogen and oxygen atoms in total. The normalized spacial score (nSPS) is 19.6. The van der Waals surface area contributed by atoms with Crippen molar-refractivity contribution in [3.8, 4) is 11.5 Å². The second kappa shape index (κ2) is 9.62. The molecule has 144 valence electrons. The van der Waals surface area contributed by atoms with Gasteiger partial charge in [-0.05, 0) is 63.0 Å². The van der Waals surface area contributed by atoms with E-state index in [1.807, 2.05) is 13.8 Å². The predicted molar refractivity (Wildman–Crippen MR) is 107 cm³/mol. The van der Waals surface area contributed by atoms with Crippen LogP contribution in [0.5, 0.6) is 11.5 Å². The molecule has 1 aromatic rings. The van der Waals surface area contributed by atoms with Crippen molar-refractivity contribution in [3.05, 3.63) is 23.8 Å². The average Bonchev–Trinajstić information content (AvgIpc) is 2.61. The molecule has 1 aromatic carbocycles. The van der Waals surface area contributed by atoms with Crippen molar-refractivity contribution in [1.82, 2.24) is 16.2 Å². The number of carbonyl (C=O) groups excluding carboxylic acids is 1. The van der Waals surface area contributed by atoms with Crippen LogP contribution in [0.2, 0.25) is 0 Å². The molecule has 1 amide bonds. The van der Waals surface area contributed by atoms with Crippen LogP contribution in [0.4, 0.5) is 0 Å². The topological polar surface area (TPSA) is 71.6 Å². The van der Waals surface area contributed by atoms with Crippen molar-refractivity contribution in [2.75, 3.05) is 7.11 Å². The van der Waals surface area contributed by atoms with E-state index in [1.54, 1.807) is 25.3 Å². The predicted octanol–water partition coefficient (Wildman–Crippen LogP) is 3.17. The molecule has 0 aliphatic heterocycles. The van der Waals surface area contributed by atoms with Crippen molar-refractivity contribution in [2.45, 2.75) is 58.6 Å². The lowest BCUT2D eigenvalue weighted by molar-refractivity contribution is 0.0943. The number of carbonyl (C=O) groups is 1. The fourth-order valence-corrected chi connectivity index (χ4v) is 3.28. The Kier molecular flexibility index (Phi) is 7.50. The zero-order valence-corrected chi connectivity index (χ0v) is 16.7. The molecule has 2 atom stereocenters. The maximum absolute atomic E-state index is 12.3. The van der Waals surface area contributed by atoms with Crippen molar-refractivity contribution in [2.24, 2.45) is 5.92 Å². The van der Waals surface area contributed by atoms with Crippen LogP contribution >= 0.6 is 12.2 Å². The Morgan fingerprint density at radius 1 is 1.19 bits per heavy atom. The van der Waals surface area contributed by atoms with Crippen LogP contribution in [-0.2, 0) is 0 Å². The summed E-state index contributed by atoms with van der Waals surface area (Å²) in [6, 6.07) is 5.42. The summed E-state index contributed by atoms with van der Waals surface area (Å²) < 4.78 is 11.0. The van der Waals surface area contributed by atoms with Crippen molar-refractivity contribution >= 4 is 23.2 Å². The first-order valence-corrected chi connectivity index (χ1v) is 9.53. The second-order valence-electron chi connectivity index (χ2n) is 6.95. The summed E-state index contributed by atoms with van der Waals surface area (Å²) in [4.78, 5) is 12.3. The van der Waals surface area contributed by atoms with E-state index in [4.69, 9.17) is 21.7 Å². The highest BCUT2D eigenvalue weighted by molar-refractivity contribution is 7.80. The Bertz CT molecular complexity index is 636. The number of hydrazine groups is 1. The van der Waals surface area contributed by atoms with E-state index in [2.05, 4.69) is 23.1 Å². The standard InChI is InChI=1S/C19H29N3O3S/c1-12(2)25-16-10-9-14(11-17(16)24-4)18(23)21-22-19(26)20-15-8-6-5-7-13(15)3/h9-13,15H,5-8H2,1-4H3,(H,21,23)(H2,20,22,26)/t13-,15+/m0/s1. The maximum Gasteiger partial charge on any atom is 0.269 e. The molecule has 1 fully saturated rings. The third-order valence-electron chi connectivity index (χ3n) is 4.51. The number of thiocarbonyl (C=S) groups is 1. The molecule has 0 heterocycles. The third kappa shape index (κ3) is 5.76. The number of rotatable bonds is 5. The number of methoxy groups -OCH3 is 1. The van der Waals surface area contributed by atoms with Gasteiger partial charge in [0.2, 0.25) is 0 Å². The highest BCUT2D eigenvalue weighted by Crippen LogP contribution is 2.29. The van der Waals surface area contributed by atoms with E-state index >= 15 is 0 Å². The number of hydrogen-bond acceptors (Lipinski definition) is 4. The molecule has 0 bridgehead atoms. The van der Waals surface area contributed by atoms with Crippen LogP contribution < -0.4 is 25.6 Å². The summed E-state index contributed by atoms with van der Waals surface area (Å²) in [5.41, 5.74) is 5.87. The average molecular weight is 380 g/mol. The third-order valence-corrected chi connectivity index (χ3v) is 4.73. The molecular formula is C19H29N3O3S. The monoisotopic (exact) mass is 379 g/mol. The molecule has 0 radical (unpaired) electrons. The number of benzene rings is 1. The SMILES string of the molecule is COc1cc(C(=O)NNC(=S)N[C@@H]2CCCC[C@@H]2C)ccc1OC(C)C. The van der Waals surface area contributed by atoms with Gasteiger partial charge < -0.3 is 14.8 Å². The van der Waals surface area contributed by atoms with Crippen molar-refractivity contribution in [1.29, 1.82) is 0 Å². The van der Waals surface area contributed by atoms with E-state index in [-0.39, 0.29) is 12.0 Å². The highest BCUT2D eigenvalue weighted by Gasteiger charge is 2.21. The van der Waals surface area contributed by atoms with Crippen LogP contribution in [0, 0.1) is 5.92 Å². The molecule has 7 heteroatoms. The molecule has 1 aliphatic rings. The quantitative estimate of drug-likeness (QED) is 0.539. The van der Waals surface area contributed by atoms with Gasteiger partial charge in [0.15, 0.2) is 16.6 Å². The summed E-state index contributed by atoms with van der Waals surface area (Å²) in [6.45, 7) is 6.10. The fourth-order valence-electron chi connectivity index (χ4n) is 3.08. The zero-order chi connectivity index (χ0) is 19.1. The summed E-state index contributed by atoms with van der Waals surface area (Å²) in [5, 5.41) is 3.72. The first kappa shape index (κ1) is 20.3. The van der Waals surface area contributed by atoms with Crippen LogP contribution in [-0.4, -0.2) is 30.3 Å². The van der Waals surface area contributed by atoms with Crippen molar-refractivity contribution < 1.29 is 14.3 Å². The zero-order valence-electron chi connectivity index (χ0n) is 15.9. The van der Waals surface area contributed by atoms with Gasteiger partial charge in [-0.15, -0.1) is 0 Å². The molecule has 0 saturated heterocycles. The van der Waals surface area contributed by atoms with Gasteiger partial charge in [0, 0.05) is 11.6 Å². The van der Waals surface area contributed by atoms with Gasteiger partial charge in [-0.3, -0.25) is 15.6 Å². The summed E-state index contributed by atoms with van der Waals surface area (Å²) in [7, 11) is 1.55. The molecule has 1 saturated carbocycles. The first-order chi connectivity index (χ1) is 12.4. The second-order valence-corrected chi connectivity index (χ2v) is 7.36. The molecular weight excluding hydrogens is 350 g/mol. The van der Waals surface area contributed by atoms with Crippen LogP contribution in [0.15, 0.2) is 18.2 Å². The molecule has 1 aliphatic carbocycles. The van der Waals surface area contributed by atoms with Crippen LogP contribution in [0.25, 0.3) is 0 Å². The Morgan fingerprint density at radius 3 is 2.58 bits per heavy atom. The summed E-state index contributed by atoms with van der Waals surface area (Å²) >= 11 is 5.29.